The fourth-order valence-electron chi connectivity index (χ4n) is 3.48. The van der Waals surface area contributed by atoms with E-state index < -0.39 is 5.95 Å². The van der Waals surface area contributed by atoms with E-state index in [-0.39, 0.29) is 11.9 Å². The van der Waals surface area contributed by atoms with E-state index in [1.807, 2.05) is 11.0 Å². The van der Waals surface area contributed by atoms with Crippen LogP contribution in [0, 0.1) is 17.2 Å². The smallest absolute Gasteiger partial charge is 0.213 e. The highest BCUT2D eigenvalue weighted by Crippen LogP contribution is 2.32. The highest BCUT2D eigenvalue weighted by molar-refractivity contribution is 5.94. The Balaban J connectivity index is 1.48. The molecule has 1 atom stereocenters. The molecule has 0 bridgehead atoms. The fraction of sp³-hybridized carbons (Fsp3) is 0.190. The zero-order valence-electron chi connectivity index (χ0n) is 15.1. The monoisotopic (exact) mass is 379 g/mol. The molecular formula is C21H19F2N5. The largest absolute Gasteiger partial charge is 0.350 e. The van der Waals surface area contributed by atoms with Crippen LogP contribution in [-0.2, 0) is 0 Å². The van der Waals surface area contributed by atoms with E-state index in [4.69, 9.17) is 5.41 Å². The average Bonchev–Trinajstić information content (AvgIpc) is 3.36. The Morgan fingerprint density at radius 2 is 2.07 bits per heavy atom. The van der Waals surface area contributed by atoms with Gasteiger partial charge in [-0.3, -0.25) is 5.41 Å². The van der Waals surface area contributed by atoms with Crippen molar-refractivity contribution < 1.29 is 8.78 Å². The predicted octanol–water partition coefficient (Wildman–Crippen LogP) is 4.58. The summed E-state index contributed by atoms with van der Waals surface area (Å²) >= 11 is 0. The van der Waals surface area contributed by atoms with Crippen molar-refractivity contribution in [1.29, 1.82) is 5.41 Å². The maximum atomic E-state index is 13.6. The van der Waals surface area contributed by atoms with Crippen LogP contribution in [0.3, 0.4) is 0 Å². The zero-order valence-corrected chi connectivity index (χ0v) is 15.1. The third-order valence-corrected chi connectivity index (χ3v) is 4.78. The van der Waals surface area contributed by atoms with E-state index in [0.29, 0.717) is 23.0 Å². The number of hydrogen-bond donors (Lipinski definition) is 2. The number of benzene rings is 1. The molecule has 3 heterocycles. The number of likely N-dealkylation sites (tertiary alicyclic amines) is 1. The Hall–Kier alpha value is -3.35. The Labute approximate surface area is 161 Å². The minimum atomic E-state index is -0.552. The van der Waals surface area contributed by atoms with Gasteiger partial charge < -0.3 is 9.88 Å². The summed E-state index contributed by atoms with van der Waals surface area (Å²) in [5.74, 6) is 0.0739. The second-order valence-corrected chi connectivity index (χ2v) is 6.65. The molecule has 1 aliphatic heterocycles. The van der Waals surface area contributed by atoms with Crippen LogP contribution in [0.4, 0.5) is 8.78 Å². The van der Waals surface area contributed by atoms with Crippen molar-refractivity contribution in [3.63, 3.8) is 0 Å². The summed E-state index contributed by atoms with van der Waals surface area (Å²) in [6.45, 7) is 0.751. The molecular weight excluding hydrogens is 360 g/mol. The standard InChI is InChI=1S/C21H19F2N5/c22-15-5-1-4-14(12-15)18-7-3-11-28(18)20(24)9-10-21-25-13-17(27-21)16-6-2-8-19(23)26-16/h1-2,4-6,8-10,12-13,18,24H,3,7,11H2,(H,25,27)/b10-9-,24-20?. The van der Waals surface area contributed by atoms with Crippen molar-refractivity contribution in [2.24, 2.45) is 0 Å². The van der Waals surface area contributed by atoms with Crippen LogP contribution in [0.5, 0.6) is 0 Å². The van der Waals surface area contributed by atoms with Gasteiger partial charge >= 0.3 is 0 Å². The highest BCUT2D eigenvalue weighted by atomic mass is 19.1. The molecule has 142 valence electrons. The number of nitrogens with one attached hydrogen (secondary N) is 2. The number of aromatic nitrogens is 3. The molecule has 1 aromatic carbocycles. The summed E-state index contributed by atoms with van der Waals surface area (Å²) in [5, 5.41) is 8.41. The molecule has 1 unspecified atom stereocenters. The molecule has 1 aliphatic rings. The van der Waals surface area contributed by atoms with Crippen LogP contribution in [0.25, 0.3) is 17.5 Å². The van der Waals surface area contributed by atoms with E-state index in [0.717, 1.165) is 24.9 Å². The lowest BCUT2D eigenvalue weighted by Crippen LogP contribution is -2.28. The minimum absolute atomic E-state index is 0.00324. The topological polar surface area (TPSA) is 68.7 Å². The summed E-state index contributed by atoms with van der Waals surface area (Å²) in [6.07, 6.45) is 6.78. The molecule has 1 fully saturated rings. The maximum absolute atomic E-state index is 13.6. The summed E-state index contributed by atoms with van der Waals surface area (Å²) in [5.41, 5.74) is 1.95. The van der Waals surface area contributed by atoms with Gasteiger partial charge in [-0.1, -0.05) is 18.2 Å². The number of hydrogen-bond acceptors (Lipinski definition) is 3. The normalized spacial score (nSPS) is 16.8. The van der Waals surface area contributed by atoms with E-state index in [9.17, 15) is 8.78 Å². The number of aromatic amines is 1. The lowest BCUT2D eigenvalue weighted by atomic mass is 10.0. The molecule has 5 nitrogen and oxygen atoms in total. The van der Waals surface area contributed by atoms with Crippen LogP contribution >= 0.6 is 0 Å². The number of halogens is 2. The molecule has 2 aromatic heterocycles. The van der Waals surface area contributed by atoms with Crippen molar-refractivity contribution in [3.8, 4) is 11.4 Å². The first-order chi connectivity index (χ1) is 13.6. The van der Waals surface area contributed by atoms with Crippen LogP contribution in [-0.4, -0.2) is 32.2 Å². The molecule has 0 spiro atoms. The van der Waals surface area contributed by atoms with Crippen LogP contribution in [0.1, 0.15) is 30.3 Å². The van der Waals surface area contributed by atoms with Gasteiger partial charge in [-0.05, 0) is 54.8 Å². The van der Waals surface area contributed by atoms with Crippen LogP contribution in [0.2, 0.25) is 0 Å². The number of nitrogens with zero attached hydrogens (tertiary/aromatic N) is 3. The zero-order chi connectivity index (χ0) is 19.5. The molecule has 4 rings (SSSR count). The molecule has 0 amide bonds. The van der Waals surface area contributed by atoms with E-state index >= 15 is 0 Å². The summed E-state index contributed by atoms with van der Waals surface area (Å²) in [7, 11) is 0. The predicted molar refractivity (Wildman–Crippen MR) is 104 cm³/mol. The van der Waals surface area contributed by atoms with E-state index in [1.165, 1.54) is 18.2 Å². The Morgan fingerprint density at radius 3 is 2.89 bits per heavy atom. The molecule has 3 aromatic rings. The van der Waals surface area contributed by atoms with Crippen molar-refractivity contribution >= 4 is 11.9 Å². The van der Waals surface area contributed by atoms with Gasteiger partial charge in [0.15, 0.2) is 0 Å². The van der Waals surface area contributed by atoms with Gasteiger partial charge in [-0.25, -0.2) is 14.4 Å². The van der Waals surface area contributed by atoms with E-state index in [2.05, 4.69) is 15.0 Å². The molecule has 0 radical (unpaired) electrons. The summed E-state index contributed by atoms with van der Waals surface area (Å²) in [6, 6.07) is 11.1. The first kappa shape index (κ1) is 18.0. The van der Waals surface area contributed by atoms with Crippen molar-refractivity contribution in [3.05, 3.63) is 77.9 Å². The van der Waals surface area contributed by atoms with Crippen molar-refractivity contribution in [2.45, 2.75) is 18.9 Å². The number of imidazole rings is 1. The second kappa shape index (κ2) is 7.72. The third-order valence-electron chi connectivity index (χ3n) is 4.78. The van der Waals surface area contributed by atoms with Crippen molar-refractivity contribution in [1.82, 2.24) is 19.9 Å². The summed E-state index contributed by atoms with van der Waals surface area (Å²) in [4.78, 5) is 13.1. The van der Waals surface area contributed by atoms with Crippen LogP contribution < -0.4 is 0 Å². The molecule has 2 N–H and O–H groups in total. The Morgan fingerprint density at radius 1 is 1.21 bits per heavy atom. The quantitative estimate of drug-likeness (QED) is 0.396. The molecule has 7 heteroatoms. The summed E-state index contributed by atoms with van der Waals surface area (Å²) < 4.78 is 26.8. The molecule has 0 aliphatic carbocycles. The highest BCUT2D eigenvalue weighted by Gasteiger charge is 2.27. The first-order valence-corrected chi connectivity index (χ1v) is 9.07. The lowest BCUT2D eigenvalue weighted by molar-refractivity contribution is 0.399. The number of rotatable bonds is 4. The van der Waals surface area contributed by atoms with E-state index in [1.54, 1.807) is 36.5 Å². The van der Waals surface area contributed by atoms with Gasteiger partial charge in [0.2, 0.25) is 5.95 Å². The molecule has 0 saturated carbocycles. The van der Waals surface area contributed by atoms with Gasteiger partial charge in [0.1, 0.15) is 17.5 Å². The Kier molecular flexibility index (Phi) is 4.97. The molecule has 28 heavy (non-hydrogen) atoms. The minimum Gasteiger partial charge on any atom is -0.350 e. The fourth-order valence-corrected chi connectivity index (χ4v) is 3.48. The first-order valence-electron chi connectivity index (χ1n) is 9.07. The Bertz CT molecular complexity index is 1030. The van der Waals surface area contributed by atoms with Crippen LogP contribution in [0.15, 0.2) is 54.7 Å². The lowest BCUT2D eigenvalue weighted by Gasteiger charge is -2.26. The van der Waals surface area contributed by atoms with Gasteiger partial charge in [0, 0.05) is 6.54 Å². The number of H-pyrrole nitrogens is 1. The second-order valence-electron chi connectivity index (χ2n) is 6.65. The van der Waals surface area contributed by atoms with Gasteiger partial charge in [0.25, 0.3) is 0 Å². The van der Waals surface area contributed by atoms with Gasteiger partial charge in [-0.2, -0.15) is 4.39 Å². The average molecular weight is 379 g/mol. The van der Waals surface area contributed by atoms with Gasteiger partial charge in [-0.15, -0.1) is 0 Å². The number of amidine groups is 1. The molecule has 1 saturated heterocycles. The number of pyridine rings is 1. The maximum Gasteiger partial charge on any atom is 0.213 e. The SMILES string of the molecule is N=C(/C=C\c1ncc(-c2cccc(F)n2)[nH]1)N1CCCC1c1cccc(F)c1. The third kappa shape index (κ3) is 3.83. The van der Waals surface area contributed by atoms with Gasteiger partial charge in [0.05, 0.1) is 23.6 Å². The van der Waals surface area contributed by atoms with Crippen molar-refractivity contribution in [2.75, 3.05) is 6.54 Å².